The lowest BCUT2D eigenvalue weighted by Gasteiger charge is -2.10. The standard InChI is InChI=1S/C14H18BrN3O2/c1-4-10-14(15)12(18(3)17-10)8-20-13-6-5-9(2)16-11(13)7-19/h5-6,19H,4,7-8H2,1-3H3. The minimum absolute atomic E-state index is 0.135. The van der Waals surface area contributed by atoms with Gasteiger partial charge in [-0.25, -0.2) is 0 Å². The summed E-state index contributed by atoms with van der Waals surface area (Å²) in [5.41, 5.74) is 3.39. The van der Waals surface area contributed by atoms with Gasteiger partial charge in [-0.2, -0.15) is 5.10 Å². The monoisotopic (exact) mass is 339 g/mol. The predicted octanol–water partition coefficient (Wildman–Crippen LogP) is 2.52. The van der Waals surface area contributed by atoms with E-state index in [9.17, 15) is 5.11 Å². The summed E-state index contributed by atoms with van der Waals surface area (Å²) in [6.45, 7) is 4.19. The topological polar surface area (TPSA) is 60.2 Å². The second-order valence-corrected chi connectivity index (χ2v) is 5.32. The lowest BCUT2D eigenvalue weighted by atomic mass is 10.3. The molecule has 0 saturated carbocycles. The third-order valence-electron chi connectivity index (χ3n) is 3.09. The number of aromatic nitrogens is 3. The van der Waals surface area contributed by atoms with Crippen molar-refractivity contribution in [3.8, 4) is 5.75 Å². The number of rotatable bonds is 5. The summed E-state index contributed by atoms with van der Waals surface area (Å²) in [7, 11) is 1.89. The molecule has 0 fully saturated rings. The Morgan fingerprint density at radius 3 is 2.70 bits per heavy atom. The Hall–Kier alpha value is -1.40. The number of hydrogen-bond acceptors (Lipinski definition) is 4. The predicted molar refractivity (Wildman–Crippen MR) is 79.5 cm³/mol. The number of halogens is 1. The molecule has 0 unspecified atom stereocenters. The maximum Gasteiger partial charge on any atom is 0.143 e. The van der Waals surface area contributed by atoms with Gasteiger partial charge in [-0.1, -0.05) is 6.92 Å². The van der Waals surface area contributed by atoms with E-state index in [2.05, 4.69) is 32.9 Å². The Morgan fingerprint density at radius 1 is 1.35 bits per heavy atom. The van der Waals surface area contributed by atoms with Crippen molar-refractivity contribution in [2.75, 3.05) is 0 Å². The van der Waals surface area contributed by atoms with E-state index in [1.807, 2.05) is 30.8 Å². The molecular weight excluding hydrogens is 322 g/mol. The lowest BCUT2D eigenvalue weighted by Crippen LogP contribution is -2.06. The first-order valence-corrected chi connectivity index (χ1v) is 7.26. The molecule has 20 heavy (non-hydrogen) atoms. The Bertz CT molecular complexity index is 611. The number of aliphatic hydroxyl groups excluding tert-OH is 1. The Labute approximate surface area is 126 Å². The normalized spacial score (nSPS) is 10.8. The molecule has 0 saturated heterocycles. The maximum absolute atomic E-state index is 9.32. The first-order valence-electron chi connectivity index (χ1n) is 6.47. The molecule has 6 heteroatoms. The van der Waals surface area contributed by atoms with Crippen molar-refractivity contribution in [3.05, 3.63) is 39.4 Å². The quantitative estimate of drug-likeness (QED) is 0.909. The smallest absolute Gasteiger partial charge is 0.143 e. The van der Waals surface area contributed by atoms with Crippen LogP contribution in [-0.4, -0.2) is 19.9 Å². The largest absolute Gasteiger partial charge is 0.485 e. The van der Waals surface area contributed by atoms with E-state index in [0.717, 1.165) is 28.0 Å². The molecule has 0 aromatic carbocycles. The van der Waals surface area contributed by atoms with Crippen molar-refractivity contribution >= 4 is 15.9 Å². The summed E-state index contributed by atoms with van der Waals surface area (Å²) in [4.78, 5) is 4.26. The summed E-state index contributed by atoms with van der Waals surface area (Å²) in [5, 5.41) is 13.7. The van der Waals surface area contributed by atoms with Crippen molar-refractivity contribution in [2.24, 2.45) is 7.05 Å². The molecule has 0 amide bonds. The number of ether oxygens (including phenoxy) is 1. The molecule has 0 atom stereocenters. The van der Waals surface area contributed by atoms with Crippen LogP contribution in [0.4, 0.5) is 0 Å². The van der Waals surface area contributed by atoms with Gasteiger partial charge < -0.3 is 9.84 Å². The SMILES string of the molecule is CCc1nn(C)c(COc2ccc(C)nc2CO)c1Br. The van der Waals surface area contributed by atoms with E-state index in [-0.39, 0.29) is 6.61 Å². The third-order valence-corrected chi connectivity index (χ3v) is 4.00. The van der Waals surface area contributed by atoms with Gasteiger partial charge in [-0.3, -0.25) is 9.67 Å². The fourth-order valence-corrected chi connectivity index (χ4v) is 2.70. The molecule has 2 aromatic rings. The van der Waals surface area contributed by atoms with Crippen LogP contribution in [0.15, 0.2) is 16.6 Å². The molecule has 0 aliphatic rings. The van der Waals surface area contributed by atoms with Crippen LogP contribution >= 0.6 is 15.9 Å². The molecule has 0 aliphatic carbocycles. The Morgan fingerprint density at radius 2 is 2.10 bits per heavy atom. The molecule has 0 bridgehead atoms. The average molecular weight is 340 g/mol. The Balaban J connectivity index is 2.19. The lowest BCUT2D eigenvalue weighted by molar-refractivity contribution is 0.249. The summed E-state index contributed by atoms with van der Waals surface area (Å²) in [5.74, 6) is 0.601. The zero-order valence-electron chi connectivity index (χ0n) is 11.9. The highest BCUT2D eigenvalue weighted by Crippen LogP contribution is 2.24. The van der Waals surface area contributed by atoms with E-state index in [4.69, 9.17) is 4.74 Å². The maximum atomic E-state index is 9.32. The van der Waals surface area contributed by atoms with Gasteiger partial charge in [0.1, 0.15) is 18.1 Å². The molecule has 1 N–H and O–H groups in total. The molecule has 0 aliphatic heterocycles. The van der Waals surface area contributed by atoms with Crippen LogP contribution in [0, 0.1) is 6.92 Å². The molecule has 5 nitrogen and oxygen atoms in total. The van der Waals surface area contributed by atoms with E-state index in [1.54, 1.807) is 0 Å². The van der Waals surface area contributed by atoms with Crippen molar-refractivity contribution < 1.29 is 9.84 Å². The molecule has 2 aromatic heterocycles. The Kier molecular flexibility index (Phi) is 4.77. The third kappa shape index (κ3) is 3.02. The van der Waals surface area contributed by atoms with Gasteiger partial charge in [0.05, 0.1) is 22.5 Å². The van der Waals surface area contributed by atoms with Gasteiger partial charge >= 0.3 is 0 Å². The molecule has 2 rings (SSSR count). The second kappa shape index (κ2) is 6.37. The van der Waals surface area contributed by atoms with Crippen molar-refractivity contribution in [2.45, 2.75) is 33.5 Å². The van der Waals surface area contributed by atoms with E-state index < -0.39 is 0 Å². The van der Waals surface area contributed by atoms with Crippen molar-refractivity contribution in [1.29, 1.82) is 0 Å². The molecule has 0 spiro atoms. The van der Waals surface area contributed by atoms with Gasteiger partial charge in [-0.05, 0) is 41.4 Å². The zero-order chi connectivity index (χ0) is 14.7. The van der Waals surface area contributed by atoms with Crippen LogP contribution in [0.5, 0.6) is 5.75 Å². The van der Waals surface area contributed by atoms with Crippen LogP contribution in [-0.2, 0) is 26.7 Å². The van der Waals surface area contributed by atoms with Crippen LogP contribution in [0.3, 0.4) is 0 Å². The summed E-state index contributed by atoms with van der Waals surface area (Å²) in [6.07, 6.45) is 0.863. The molecule has 2 heterocycles. The number of pyridine rings is 1. The highest BCUT2D eigenvalue weighted by atomic mass is 79.9. The van der Waals surface area contributed by atoms with Gasteiger partial charge in [0.25, 0.3) is 0 Å². The first kappa shape index (κ1) is 15.0. The minimum atomic E-state index is -0.135. The fraction of sp³-hybridized carbons (Fsp3) is 0.429. The number of nitrogens with zero attached hydrogens (tertiary/aromatic N) is 3. The summed E-state index contributed by atoms with van der Waals surface area (Å²) < 4.78 is 8.56. The van der Waals surface area contributed by atoms with Crippen LogP contribution in [0.25, 0.3) is 0 Å². The number of aliphatic hydroxyl groups is 1. The number of hydrogen-bond donors (Lipinski definition) is 1. The second-order valence-electron chi connectivity index (χ2n) is 4.53. The first-order chi connectivity index (χ1) is 9.56. The van der Waals surface area contributed by atoms with Crippen molar-refractivity contribution in [3.63, 3.8) is 0 Å². The van der Waals surface area contributed by atoms with Crippen molar-refractivity contribution in [1.82, 2.24) is 14.8 Å². The minimum Gasteiger partial charge on any atom is -0.485 e. The molecule has 0 radical (unpaired) electrons. The van der Waals surface area contributed by atoms with E-state index in [0.29, 0.717) is 18.1 Å². The van der Waals surface area contributed by atoms with E-state index in [1.165, 1.54) is 0 Å². The zero-order valence-corrected chi connectivity index (χ0v) is 13.4. The molecule has 108 valence electrons. The van der Waals surface area contributed by atoms with Gasteiger partial charge in [0, 0.05) is 12.7 Å². The molecular formula is C14H18BrN3O2. The van der Waals surface area contributed by atoms with Gasteiger partial charge in [0.2, 0.25) is 0 Å². The van der Waals surface area contributed by atoms with E-state index >= 15 is 0 Å². The van der Waals surface area contributed by atoms with Gasteiger partial charge in [0.15, 0.2) is 0 Å². The summed E-state index contributed by atoms with van der Waals surface area (Å²) in [6, 6.07) is 3.70. The van der Waals surface area contributed by atoms with Gasteiger partial charge in [-0.15, -0.1) is 0 Å². The number of aryl methyl sites for hydroxylation is 3. The highest BCUT2D eigenvalue weighted by Gasteiger charge is 2.14. The van der Waals surface area contributed by atoms with Crippen LogP contribution in [0.2, 0.25) is 0 Å². The summed E-state index contributed by atoms with van der Waals surface area (Å²) >= 11 is 3.55. The van der Waals surface area contributed by atoms with Crippen LogP contribution in [0.1, 0.15) is 29.7 Å². The fourth-order valence-electron chi connectivity index (χ4n) is 1.97. The average Bonchev–Trinajstić information content (AvgIpc) is 2.72. The highest BCUT2D eigenvalue weighted by molar-refractivity contribution is 9.10. The van der Waals surface area contributed by atoms with Crippen LogP contribution < -0.4 is 4.74 Å².